The van der Waals surface area contributed by atoms with E-state index in [1.54, 1.807) is 0 Å². The molecule has 1 aromatic heterocycles. The first-order chi connectivity index (χ1) is 6.24. The smallest absolute Gasteiger partial charge is 0.0603 e. The van der Waals surface area contributed by atoms with Crippen LogP contribution in [0.4, 0.5) is 5.69 Å². The van der Waals surface area contributed by atoms with Crippen molar-refractivity contribution in [1.82, 2.24) is 4.98 Å². The summed E-state index contributed by atoms with van der Waals surface area (Å²) in [6.45, 7) is 7.52. The van der Waals surface area contributed by atoms with Crippen LogP contribution < -0.4 is 5.32 Å². The van der Waals surface area contributed by atoms with Gasteiger partial charge in [-0.1, -0.05) is 20.3 Å². The van der Waals surface area contributed by atoms with Crippen molar-refractivity contribution in [3.8, 4) is 0 Å². The van der Waals surface area contributed by atoms with Crippen molar-refractivity contribution in [3.05, 3.63) is 24.0 Å². The molecule has 2 heteroatoms. The Kier molecular flexibility index (Phi) is 3.74. The molecule has 1 rings (SSSR count). The largest absolute Gasteiger partial charge is 0.383 e. The molecule has 0 spiro atoms. The summed E-state index contributed by atoms with van der Waals surface area (Å²) in [5.41, 5.74) is 2.23. The van der Waals surface area contributed by atoms with Gasteiger partial charge in [-0.2, -0.15) is 0 Å². The number of hydrogen-bond donors (Lipinski definition) is 1. The van der Waals surface area contributed by atoms with Crippen molar-refractivity contribution in [2.24, 2.45) is 5.92 Å². The maximum Gasteiger partial charge on any atom is 0.0603 e. The third kappa shape index (κ3) is 3.05. The number of nitrogens with one attached hydrogen (secondary N) is 1. The molecule has 1 unspecified atom stereocenters. The Morgan fingerprint density at radius 2 is 2.31 bits per heavy atom. The summed E-state index contributed by atoms with van der Waals surface area (Å²) >= 11 is 0. The van der Waals surface area contributed by atoms with E-state index in [2.05, 4.69) is 30.2 Å². The van der Waals surface area contributed by atoms with Crippen molar-refractivity contribution in [2.45, 2.75) is 27.2 Å². The predicted molar refractivity (Wildman–Crippen MR) is 56.9 cm³/mol. The van der Waals surface area contributed by atoms with Crippen molar-refractivity contribution < 1.29 is 0 Å². The molecule has 0 saturated heterocycles. The third-order valence-electron chi connectivity index (χ3n) is 2.34. The number of rotatable bonds is 4. The minimum Gasteiger partial charge on any atom is -0.383 e. The van der Waals surface area contributed by atoms with Gasteiger partial charge in [-0.05, 0) is 25.0 Å². The molecule has 0 fully saturated rings. The fourth-order valence-corrected chi connectivity index (χ4v) is 1.10. The lowest BCUT2D eigenvalue weighted by Crippen LogP contribution is -2.11. The highest BCUT2D eigenvalue weighted by atomic mass is 14.9. The quantitative estimate of drug-likeness (QED) is 0.766. The summed E-state index contributed by atoms with van der Waals surface area (Å²) in [7, 11) is 0. The van der Waals surface area contributed by atoms with Crippen LogP contribution in [0.3, 0.4) is 0 Å². The minimum atomic E-state index is 0.722. The zero-order valence-electron chi connectivity index (χ0n) is 8.67. The van der Waals surface area contributed by atoms with Crippen molar-refractivity contribution in [3.63, 3.8) is 0 Å². The van der Waals surface area contributed by atoms with E-state index in [0.717, 1.165) is 23.8 Å². The van der Waals surface area contributed by atoms with Gasteiger partial charge in [-0.15, -0.1) is 0 Å². The molecule has 0 saturated carbocycles. The SMILES string of the molecule is CCC(C)CNc1cccnc1C. The maximum absolute atomic E-state index is 4.22. The van der Waals surface area contributed by atoms with Gasteiger partial charge < -0.3 is 5.32 Å². The van der Waals surface area contributed by atoms with Crippen LogP contribution in [0.1, 0.15) is 26.0 Å². The highest BCUT2D eigenvalue weighted by Crippen LogP contribution is 2.11. The summed E-state index contributed by atoms with van der Waals surface area (Å²) < 4.78 is 0. The molecule has 0 aliphatic rings. The van der Waals surface area contributed by atoms with Crippen molar-refractivity contribution >= 4 is 5.69 Å². The molecule has 0 amide bonds. The van der Waals surface area contributed by atoms with Crippen LogP contribution in [0.2, 0.25) is 0 Å². The Morgan fingerprint density at radius 1 is 1.54 bits per heavy atom. The van der Waals surface area contributed by atoms with Crippen molar-refractivity contribution in [1.29, 1.82) is 0 Å². The summed E-state index contributed by atoms with van der Waals surface area (Å²) in [5, 5.41) is 3.40. The van der Waals surface area contributed by atoms with Gasteiger partial charge in [0.25, 0.3) is 0 Å². The Morgan fingerprint density at radius 3 is 2.92 bits per heavy atom. The van der Waals surface area contributed by atoms with Gasteiger partial charge in [0.1, 0.15) is 0 Å². The molecule has 1 heterocycles. The van der Waals surface area contributed by atoms with Crippen LogP contribution >= 0.6 is 0 Å². The molecule has 0 aliphatic heterocycles. The number of aryl methyl sites for hydroxylation is 1. The van der Waals surface area contributed by atoms with Gasteiger partial charge in [0.15, 0.2) is 0 Å². The summed E-state index contributed by atoms with van der Waals surface area (Å²) in [4.78, 5) is 4.22. The van der Waals surface area contributed by atoms with E-state index in [1.165, 1.54) is 6.42 Å². The zero-order chi connectivity index (χ0) is 9.68. The van der Waals surface area contributed by atoms with Gasteiger partial charge >= 0.3 is 0 Å². The topological polar surface area (TPSA) is 24.9 Å². The molecule has 0 bridgehead atoms. The Hall–Kier alpha value is -1.05. The van der Waals surface area contributed by atoms with E-state index in [9.17, 15) is 0 Å². The third-order valence-corrected chi connectivity index (χ3v) is 2.34. The zero-order valence-corrected chi connectivity index (χ0v) is 8.67. The van der Waals surface area contributed by atoms with Gasteiger partial charge in [0.05, 0.1) is 11.4 Å². The fourth-order valence-electron chi connectivity index (χ4n) is 1.10. The monoisotopic (exact) mass is 178 g/mol. The summed E-state index contributed by atoms with van der Waals surface area (Å²) in [6.07, 6.45) is 3.04. The van der Waals surface area contributed by atoms with E-state index in [-0.39, 0.29) is 0 Å². The molecular formula is C11H18N2. The highest BCUT2D eigenvalue weighted by Gasteiger charge is 2.00. The van der Waals surface area contributed by atoms with Crippen LogP contribution in [0.15, 0.2) is 18.3 Å². The lowest BCUT2D eigenvalue weighted by molar-refractivity contribution is 0.593. The molecule has 13 heavy (non-hydrogen) atoms. The molecule has 2 nitrogen and oxygen atoms in total. The second-order valence-electron chi connectivity index (χ2n) is 3.53. The predicted octanol–water partition coefficient (Wildman–Crippen LogP) is 2.85. The average molecular weight is 178 g/mol. The van der Waals surface area contributed by atoms with E-state index < -0.39 is 0 Å². The first-order valence-corrected chi connectivity index (χ1v) is 4.89. The number of hydrogen-bond acceptors (Lipinski definition) is 2. The summed E-state index contributed by atoms with van der Waals surface area (Å²) in [6, 6.07) is 4.04. The van der Waals surface area contributed by atoms with E-state index >= 15 is 0 Å². The number of nitrogens with zero attached hydrogens (tertiary/aromatic N) is 1. The molecule has 1 atom stereocenters. The molecule has 0 aromatic carbocycles. The van der Waals surface area contributed by atoms with E-state index in [4.69, 9.17) is 0 Å². The van der Waals surface area contributed by atoms with Crippen LogP contribution in [0.25, 0.3) is 0 Å². The number of anilines is 1. The number of pyridine rings is 1. The number of aromatic nitrogens is 1. The van der Waals surface area contributed by atoms with E-state index in [0.29, 0.717) is 0 Å². The highest BCUT2D eigenvalue weighted by molar-refractivity contribution is 5.46. The molecule has 1 aromatic rings. The standard InChI is InChI=1S/C11H18N2/c1-4-9(2)8-13-11-6-5-7-12-10(11)3/h5-7,9,13H,4,8H2,1-3H3. The first-order valence-electron chi connectivity index (χ1n) is 4.89. The fraction of sp³-hybridized carbons (Fsp3) is 0.545. The minimum absolute atomic E-state index is 0.722. The molecular weight excluding hydrogens is 160 g/mol. The Bertz CT molecular complexity index is 258. The Labute approximate surface area is 80.4 Å². The lowest BCUT2D eigenvalue weighted by Gasteiger charge is -2.12. The van der Waals surface area contributed by atoms with Crippen LogP contribution in [0.5, 0.6) is 0 Å². The second kappa shape index (κ2) is 4.85. The second-order valence-corrected chi connectivity index (χ2v) is 3.53. The van der Waals surface area contributed by atoms with Crippen LogP contribution in [-0.4, -0.2) is 11.5 Å². The molecule has 72 valence electrons. The van der Waals surface area contributed by atoms with Crippen LogP contribution in [-0.2, 0) is 0 Å². The molecule has 1 N–H and O–H groups in total. The average Bonchev–Trinajstić information content (AvgIpc) is 2.16. The molecule has 0 aliphatic carbocycles. The maximum atomic E-state index is 4.22. The molecule has 0 radical (unpaired) electrons. The van der Waals surface area contributed by atoms with Crippen LogP contribution in [0, 0.1) is 12.8 Å². The summed E-state index contributed by atoms with van der Waals surface area (Å²) in [5.74, 6) is 0.722. The lowest BCUT2D eigenvalue weighted by atomic mass is 10.1. The van der Waals surface area contributed by atoms with E-state index in [1.807, 2.05) is 19.2 Å². The van der Waals surface area contributed by atoms with Crippen molar-refractivity contribution in [2.75, 3.05) is 11.9 Å². The van der Waals surface area contributed by atoms with Gasteiger partial charge in [-0.25, -0.2) is 0 Å². The normalized spacial score (nSPS) is 12.5. The Balaban J connectivity index is 2.50. The van der Waals surface area contributed by atoms with Gasteiger partial charge in [0.2, 0.25) is 0 Å². The first kappa shape index (κ1) is 10.0. The van der Waals surface area contributed by atoms with Gasteiger partial charge in [-0.3, -0.25) is 4.98 Å². The van der Waals surface area contributed by atoms with Gasteiger partial charge in [0, 0.05) is 12.7 Å².